The first-order valence-electron chi connectivity index (χ1n) is 8.77. The van der Waals surface area contributed by atoms with E-state index in [1.54, 1.807) is 12.3 Å². The Morgan fingerprint density at radius 3 is 2.88 bits per heavy atom. The van der Waals surface area contributed by atoms with Crippen molar-refractivity contribution in [3.05, 3.63) is 47.7 Å². The Balaban J connectivity index is 1.74. The van der Waals surface area contributed by atoms with Gasteiger partial charge in [0.05, 0.1) is 11.9 Å². The van der Waals surface area contributed by atoms with Gasteiger partial charge in [0.15, 0.2) is 0 Å². The number of benzene rings is 1. The minimum Gasteiger partial charge on any atom is -0.464 e. The van der Waals surface area contributed by atoms with E-state index in [1.807, 2.05) is 54.2 Å². The Bertz CT molecular complexity index is 696. The van der Waals surface area contributed by atoms with Crippen molar-refractivity contribution in [2.45, 2.75) is 24.9 Å². The second-order valence-corrected chi connectivity index (χ2v) is 7.17. The van der Waals surface area contributed by atoms with Crippen LogP contribution in [-0.4, -0.2) is 60.1 Å². The van der Waals surface area contributed by atoms with E-state index in [1.165, 1.54) is 0 Å². The van der Waals surface area contributed by atoms with Crippen molar-refractivity contribution in [1.82, 2.24) is 9.80 Å². The summed E-state index contributed by atoms with van der Waals surface area (Å²) < 4.78 is 5.57. The lowest BCUT2D eigenvalue weighted by atomic mass is 9.94. The number of ether oxygens (including phenoxy) is 1. The maximum absolute atomic E-state index is 13.0. The van der Waals surface area contributed by atoms with E-state index < -0.39 is 5.60 Å². The Hall–Kier alpha value is -2.11. The quantitative estimate of drug-likeness (QED) is 0.916. The summed E-state index contributed by atoms with van der Waals surface area (Å²) in [5.74, 6) is 0.739. The van der Waals surface area contributed by atoms with Crippen molar-refractivity contribution in [3.63, 3.8) is 0 Å². The van der Waals surface area contributed by atoms with E-state index in [2.05, 4.69) is 0 Å². The van der Waals surface area contributed by atoms with E-state index in [9.17, 15) is 9.90 Å². The molecule has 1 aromatic rings. The number of hydrogen-bond donors (Lipinski definition) is 1. The van der Waals surface area contributed by atoms with E-state index >= 15 is 0 Å². The molecule has 2 heterocycles. The van der Waals surface area contributed by atoms with E-state index in [0.717, 1.165) is 24.2 Å². The number of fused-ring (bicyclic) bond motifs is 1. The second-order valence-electron chi connectivity index (χ2n) is 7.17. The summed E-state index contributed by atoms with van der Waals surface area (Å²) in [4.78, 5) is 16.8. The number of likely N-dealkylation sites (tertiary alicyclic amines) is 1. The molecule has 0 aromatic heterocycles. The maximum atomic E-state index is 13.0. The zero-order chi connectivity index (χ0) is 17.9. The molecule has 1 unspecified atom stereocenters. The van der Waals surface area contributed by atoms with Crippen LogP contribution in [0.1, 0.15) is 24.8 Å². The zero-order valence-electron chi connectivity index (χ0n) is 14.9. The fraction of sp³-hybridized carbons (Fsp3) is 0.450. The van der Waals surface area contributed by atoms with Crippen molar-refractivity contribution >= 4 is 12.0 Å². The predicted octanol–water partition coefficient (Wildman–Crippen LogP) is 2.28. The Kier molecular flexibility index (Phi) is 5.25. The number of aliphatic hydroxyl groups is 1. The minimum absolute atomic E-state index is 0.00865. The number of carbonyl (C=O) groups excluding carboxylic acids is 1. The van der Waals surface area contributed by atoms with Gasteiger partial charge in [-0.1, -0.05) is 18.2 Å². The van der Waals surface area contributed by atoms with Crippen LogP contribution in [0.5, 0.6) is 5.75 Å². The number of rotatable bonds is 3. The van der Waals surface area contributed by atoms with Crippen LogP contribution in [0.3, 0.4) is 0 Å². The van der Waals surface area contributed by atoms with Gasteiger partial charge < -0.3 is 19.6 Å². The summed E-state index contributed by atoms with van der Waals surface area (Å²) in [6.07, 6.45) is 7.28. The van der Waals surface area contributed by atoms with E-state index in [4.69, 9.17) is 4.74 Å². The van der Waals surface area contributed by atoms with Gasteiger partial charge in [-0.25, -0.2) is 0 Å². The van der Waals surface area contributed by atoms with Gasteiger partial charge >= 0.3 is 0 Å². The van der Waals surface area contributed by atoms with Crippen LogP contribution in [0.4, 0.5) is 0 Å². The summed E-state index contributed by atoms with van der Waals surface area (Å²) in [5.41, 5.74) is 0.792. The van der Waals surface area contributed by atoms with Gasteiger partial charge in [-0.15, -0.1) is 0 Å². The lowest BCUT2D eigenvalue weighted by molar-refractivity contribution is -0.126. The molecular formula is C20H26N2O3. The number of hydrogen-bond acceptors (Lipinski definition) is 4. The van der Waals surface area contributed by atoms with Crippen LogP contribution in [0.25, 0.3) is 6.08 Å². The molecule has 1 N–H and O–H groups in total. The number of para-hydroxylation sites is 1. The van der Waals surface area contributed by atoms with Crippen molar-refractivity contribution < 1.29 is 14.6 Å². The third-order valence-corrected chi connectivity index (χ3v) is 4.73. The largest absolute Gasteiger partial charge is 0.464 e. The normalized spacial score (nSPS) is 23.4. The molecular weight excluding hydrogens is 316 g/mol. The molecule has 2 aliphatic rings. The fourth-order valence-electron chi connectivity index (χ4n) is 3.55. The van der Waals surface area contributed by atoms with Gasteiger partial charge in [0.2, 0.25) is 0 Å². The molecule has 25 heavy (non-hydrogen) atoms. The van der Waals surface area contributed by atoms with Crippen molar-refractivity contribution in [2.24, 2.45) is 0 Å². The molecule has 0 saturated carbocycles. The minimum atomic E-state index is -0.720. The van der Waals surface area contributed by atoms with Crippen LogP contribution in [-0.2, 0) is 4.79 Å². The summed E-state index contributed by atoms with van der Waals surface area (Å²) in [6.45, 7) is 1.86. The fourth-order valence-corrected chi connectivity index (χ4v) is 3.55. The van der Waals surface area contributed by atoms with Gasteiger partial charge in [-0.3, -0.25) is 4.79 Å². The average molecular weight is 342 g/mol. The third kappa shape index (κ3) is 4.30. The molecule has 1 amide bonds. The molecule has 2 aliphatic heterocycles. The van der Waals surface area contributed by atoms with Crippen molar-refractivity contribution in [3.8, 4) is 5.75 Å². The van der Waals surface area contributed by atoms with Gasteiger partial charge in [-0.05, 0) is 51.6 Å². The summed E-state index contributed by atoms with van der Waals surface area (Å²) >= 11 is 0. The Morgan fingerprint density at radius 1 is 1.28 bits per heavy atom. The summed E-state index contributed by atoms with van der Waals surface area (Å²) in [7, 11) is 3.93. The Morgan fingerprint density at radius 2 is 2.08 bits per heavy atom. The third-order valence-electron chi connectivity index (χ3n) is 4.73. The Labute approximate surface area is 149 Å². The molecule has 0 spiro atoms. The molecule has 134 valence electrons. The van der Waals surface area contributed by atoms with Crippen LogP contribution >= 0.6 is 0 Å². The van der Waals surface area contributed by atoms with Gasteiger partial charge in [0.1, 0.15) is 5.75 Å². The number of nitrogens with zero attached hydrogens (tertiary/aromatic N) is 2. The van der Waals surface area contributed by atoms with Crippen LogP contribution in [0.15, 0.2) is 42.2 Å². The van der Waals surface area contributed by atoms with Gasteiger partial charge in [0, 0.05) is 30.8 Å². The number of likely N-dealkylation sites (N-methyl/N-ethyl adjacent to an activating group) is 1. The van der Waals surface area contributed by atoms with Crippen LogP contribution < -0.4 is 4.74 Å². The first-order valence-corrected chi connectivity index (χ1v) is 8.77. The molecule has 1 saturated heterocycles. The molecule has 1 atom stereocenters. The summed E-state index contributed by atoms with van der Waals surface area (Å²) in [6, 6.07) is 7.66. The number of carbonyl (C=O) groups is 1. The highest BCUT2D eigenvalue weighted by molar-refractivity contribution is 6.01. The lowest BCUT2D eigenvalue weighted by Gasteiger charge is -2.30. The second kappa shape index (κ2) is 7.42. The van der Waals surface area contributed by atoms with E-state index in [-0.39, 0.29) is 5.91 Å². The first kappa shape index (κ1) is 17.7. The highest BCUT2D eigenvalue weighted by Gasteiger charge is 2.32. The SMILES string of the molecule is CN(C)CC1(O)CCCN(C(=O)C2=Cc3ccccc3OC=C2)CC1. The molecule has 0 bridgehead atoms. The van der Waals surface area contributed by atoms with Crippen LogP contribution in [0, 0.1) is 0 Å². The number of amides is 1. The predicted molar refractivity (Wildman–Crippen MR) is 98.1 cm³/mol. The first-order chi connectivity index (χ1) is 12.0. The summed E-state index contributed by atoms with van der Waals surface area (Å²) in [5, 5.41) is 10.8. The highest BCUT2D eigenvalue weighted by Crippen LogP contribution is 2.27. The molecule has 0 radical (unpaired) electrons. The van der Waals surface area contributed by atoms with Crippen molar-refractivity contribution in [1.29, 1.82) is 0 Å². The van der Waals surface area contributed by atoms with Gasteiger partial charge in [0.25, 0.3) is 5.91 Å². The molecule has 0 aliphatic carbocycles. The smallest absolute Gasteiger partial charge is 0.253 e. The molecule has 5 nitrogen and oxygen atoms in total. The average Bonchev–Trinajstić information content (AvgIpc) is 2.89. The maximum Gasteiger partial charge on any atom is 0.253 e. The molecule has 3 rings (SSSR count). The standard InChI is InChI=1S/C20H26N2O3/c1-21(2)15-20(24)9-5-11-22(12-10-20)19(23)17-8-13-25-18-7-4-3-6-16(18)14-17/h3-4,6-8,13-14,24H,5,9-12,15H2,1-2H3. The van der Waals surface area contributed by atoms with Crippen molar-refractivity contribution in [2.75, 3.05) is 33.7 Å². The molecule has 5 heteroatoms. The van der Waals surface area contributed by atoms with E-state index in [0.29, 0.717) is 31.6 Å². The topological polar surface area (TPSA) is 53.0 Å². The lowest BCUT2D eigenvalue weighted by Crippen LogP contribution is -2.41. The molecule has 1 aromatic carbocycles. The van der Waals surface area contributed by atoms with Crippen LogP contribution in [0.2, 0.25) is 0 Å². The highest BCUT2D eigenvalue weighted by atomic mass is 16.5. The monoisotopic (exact) mass is 342 g/mol. The molecule has 1 fully saturated rings. The zero-order valence-corrected chi connectivity index (χ0v) is 14.9. The van der Waals surface area contributed by atoms with Gasteiger partial charge in [-0.2, -0.15) is 0 Å².